The van der Waals surface area contributed by atoms with Crippen molar-refractivity contribution in [2.75, 3.05) is 33.5 Å². The first-order valence-electron chi connectivity index (χ1n) is 12.8. The highest BCUT2D eigenvalue weighted by Crippen LogP contribution is 2.38. The summed E-state index contributed by atoms with van der Waals surface area (Å²) in [5.74, 6) is 1.95. The number of hydrogen-bond acceptors (Lipinski definition) is 5. The summed E-state index contributed by atoms with van der Waals surface area (Å²) in [6.45, 7) is 2.16. The number of amides is 2. The van der Waals surface area contributed by atoms with E-state index in [2.05, 4.69) is 0 Å². The molecule has 7 nitrogen and oxygen atoms in total. The van der Waals surface area contributed by atoms with Crippen molar-refractivity contribution >= 4 is 23.4 Å². The van der Waals surface area contributed by atoms with Crippen LogP contribution in [-0.4, -0.2) is 55.2 Å². The van der Waals surface area contributed by atoms with Gasteiger partial charge >= 0.3 is 0 Å². The summed E-state index contributed by atoms with van der Waals surface area (Å²) < 4.78 is 17.0. The van der Waals surface area contributed by atoms with Gasteiger partial charge in [-0.3, -0.25) is 9.59 Å². The monoisotopic (exact) mass is 534 g/mol. The summed E-state index contributed by atoms with van der Waals surface area (Å²) in [5.41, 5.74) is 1.25. The lowest BCUT2D eigenvalue weighted by Gasteiger charge is -2.42. The normalized spacial score (nSPS) is 15.7. The number of fused-ring (bicyclic) bond motifs is 1. The van der Waals surface area contributed by atoms with E-state index < -0.39 is 5.41 Å². The maximum atomic E-state index is 13.4. The van der Waals surface area contributed by atoms with Gasteiger partial charge in [0.2, 0.25) is 12.7 Å². The van der Waals surface area contributed by atoms with E-state index in [1.807, 2.05) is 54.4 Å². The Hall–Kier alpha value is -3.71. The van der Waals surface area contributed by atoms with Crippen molar-refractivity contribution in [3.05, 3.63) is 88.9 Å². The van der Waals surface area contributed by atoms with Crippen LogP contribution in [0.25, 0.3) is 0 Å². The van der Waals surface area contributed by atoms with Gasteiger partial charge in [-0.15, -0.1) is 0 Å². The predicted molar refractivity (Wildman–Crippen MR) is 145 cm³/mol. The minimum absolute atomic E-state index is 0.0527. The standard InChI is InChI=1S/C30H31ClN2O5/c1-32(19-22-5-3-2-4-6-22)28(34)18-30(20-36-25-10-8-24(31)9-11-25)13-15-33(16-14-30)29(35)23-7-12-26-27(17-23)38-21-37-26/h2-12,17H,13-16,18-21H2,1H3. The summed E-state index contributed by atoms with van der Waals surface area (Å²) in [5, 5.41) is 0.639. The van der Waals surface area contributed by atoms with Crippen molar-refractivity contribution in [1.29, 1.82) is 0 Å². The molecule has 198 valence electrons. The molecule has 0 radical (unpaired) electrons. The minimum atomic E-state index is -0.396. The fourth-order valence-corrected chi connectivity index (χ4v) is 5.06. The third kappa shape index (κ3) is 6.05. The van der Waals surface area contributed by atoms with E-state index >= 15 is 0 Å². The van der Waals surface area contributed by atoms with Gasteiger partial charge < -0.3 is 24.0 Å². The SMILES string of the molecule is CN(Cc1ccccc1)C(=O)CC1(COc2ccc(Cl)cc2)CCN(C(=O)c2ccc3c(c2)OCO3)CC1. The molecule has 1 saturated heterocycles. The number of ether oxygens (including phenoxy) is 3. The molecule has 5 rings (SSSR count). The van der Waals surface area contributed by atoms with Gasteiger partial charge in [0.15, 0.2) is 11.5 Å². The topological polar surface area (TPSA) is 68.3 Å². The highest BCUT2D eigenvalue weighted by molar-refractivity contribution is 6.30. The highest BCUT2D eigenvalue weighted by Gasteiger charge is 2.39. The Morgan fingerprint density at radius 3 is 2.42 bits per heavy atom. The molecule has 2 aliphatic heterocycles. The second-order valence-corrected chi connectivity index (χ2v) is 10.5. The van der Waals surface area contributed by atoms with Crippen LogP contribution in [-0.2, 0) is 11.3 Å². The summed E-state index contributed by atoms with van der Waals surface area (Å²) in [6, 6.07) is 22.5. The van der Waals surface area contributed by atoms with Crippen molar-refractivity contribution < 1.29 is 23.8 Å². The molecule has 0 N–H and O–H groups in total. The van der Waals surface area contributed by atoms with E-state index in [4.69, 9.17) is 25.8 Å². The summed E-state index contributed by atoms with van der Waals surface area (Å²) >= 11 is 6.03. The Labute approximate surface area is 227 Å². The zero-order valence-electron chi connectivity index (χ0n) is 21.4. The molecule has 3 aromatic rings. The molecule has 2 amide bonds. The third-order valence-electron chi connectivity index (χ3n) is 7.30. The number of carbonyl (C=O) groups excluding carboxylic acids is 2. The quantitative estimate of drug-likeness (QED) is 0.386. The van der Waals surface area contributed by atoms with Crippen molar-refractivity contribution in [1.82, 2.24) is 9.80 Å². The highest BCUT2D eigenvalue weighted by atomic mass is 35.5. The second-order valence-electron chi connectivity index (χ2n) is 10.0. The van der Waals surface area contributed by atoms with E-state index in [9.17, 15) is 9.59 Å². The summed E-state index contributed by atoms with van der Waals surface area (Å²) in [4.78, 5) is 30.2. The van der Waals surface area contributed by atoms with Gasteiger partial charge in [0.05, 0.1) is 6.61 Å². The molecule has 0 aromatic heterocycles. The number of carbonyl (C=O) groups is 2. The van der Waals surface area contributed by atoms with E-state index in [0.717, 1.165) is 5.56 Å². The first kappa shape index (κ1) is 25.9. The first-order chi connectivity index (χ1) is 18.4. The van der Waals surface area contributed by atoms with Crippen LogP contribution in [0.3, 0.4) is 0 Å². The largest absolute Gasteiger partial charge is 0.493 e. The van der Waals surface area contributed by atoms with Crippen LogP contribution in [0, 0.1) is 5.41 Å². The lowest BCUT2D eigenvalue weighted by Crippen LogP contribution is -2.47. The number of halogens is 1. The van der Waals surface area contributed by atoms with Crippen LogP contribution in [0.4, 0.5) is 0 Å². The smallest absolute Gasteiger partial charge is 0.253 e. The van der Waals surface area contributed by atoms with E-state index in [0.29, 0.717) is 73.3 Å². The second kappa shape index (κ2) is 11.4. The maximum Gasteiger partial charge on any atom is 0.253 e. The van der Waals surface area contributed by atoms with Gasteiger partial charge in [-0.2, -0.15) is 0 Å². The van der Waals surface area contributed by atoms with Gasteiger partial charge in [-0.1, -0.05) is 41.9 Å². The Balaban J connectivity index is 1.27. The fraction of sp³-hybridized carbons (Fsp3) is 0.333. The van der Waals surface area contributed by atoms with E-state index in [-0.39, 0.29) is 18.6 Å². The molecule has 2 aliphatic rings. The lowest BCUT2D eigenvalue weighted by molar-refractivity contribution is -0.134. The Morgan fingerprint density at radius 1 is 0.974 bits per heavy atom. The average Bonchev–Trinajstić information content (AvgIpc) is 3.41. The van der Waals surface area contributed by atoms with Crippen LogP contribution in [0.2, 0.25) is 5.02 Å². The molecule has 0 saturated carbocycles. The van der Waals surface area contributed by atoms with Gasteiger partial charge in [-0.25, -0.2) is 0 Å². The van der Waals surface area contributed by atoms with Gasteiger partial charge in [-0.05, 0) is 60.9 Å². The molecule has 8 heteroatoms. The van der Waals surface area contributed by atoms with Crippen molar-refractivity contribution in [2.45, 2.75) is 25.8 Å². The number of likely N-dealkylation sites (tertiary alicyclic amines) is 1. The van der Waals surface area contributed by atoms with Gasteiger partial charge in [0, 0.05) is 49.1 Å². The van der Waals surface area contributed by atoms with E-state index in [1.165, 1.54) is 0 Å². The van der Waals surface area contributed by atoms with E-state index in [1.54, 1.807) is 35.2 Å². The lowest BCUT2D eigenvalue weighted by atomic mass is 9.75. The van der Waals surface area contributed by atoms with Crippen LogP contribution < -0.4 is 14.2 Å². The average molecular weight is 535 g/mol. The van der Waals surface area contributed by atoms with Gasteiger partial charge in [0.25, 0.3) is 5.91 Å². The Morgan fingerprint density at radius 2 is 1.68 bits per heavy atom. The molecule has 0 unspecified atom stereocenters. The first-order valence-corrected chi connectivity index (χ1v) is 13.1. The number of benzene rings is 3. The molecule has 1 fully saturated rings. The van der Waals surface area contributed by atoms with Crippen LogP contribution in [0.1, 0.15) is 35.2 Å². The number of rotatable bonds is 8. The van der Waals surface area contributed by atoms with Crippen molar-refractivity contribution in [3.63, 3.8) is 0 Å². The summed E-state index contributed by atoms with van der Waals surface area (Å²) in [6.07, 6.45) is 1.65. The molecule has 3 aromatic carbocycles. The predicted octanol–water partition coefficient (Wildman–Crippen LogP) is 5.42. The van der Waals surface area contributed by atoms with Crippen molar-refractivity contribution in [3.8, 4) is 17.2 Å². The number of nitrogens with zero attached hydrogens (tertiary/aromatic N) is 2. The van der Waals surface area contributed by atoms with Crippen LogP contribution in [0.15, 0.2) is 72.8 Å². The molecule has 0 aliphatic carbocycles. The molecule has 0 atom stereocenters. The molecule has 0 bridgehead atoms. The maximum absolute atomic E-state index is 13.4. The third-order valence-corrected chi connectivity index (χ3v) is 7.56. The molecular formula is C30H31ClN2O5. The Bertz CT molecular complexity index is 1270. The molecule has 2 heterocycles. The molecular weight excluding hydrogens is 504 g/mol. The zero-order chi connectivity index (χ0) is 26.5. The molecule has 38 heavy (non-hydrogen) atoms. The number of piperidine rings is 1. The van der Waals surface area contributed by atoms with Crippen LogP contribution >= 0.6 is 11.6 Å². The summed E-state index contributed by atoms with van der Waals surface area (Å²) in [7, 11) is 1.83. The van der Waals surface area contributed by atoms with Gasteiger partial charge in [0.1, 0.15) is 5.75 Å². The molecule has 0 spiro atoms. The Kier molecular flexibility index (Phi) is 7.74. The van der Waals surface area contributed by atoms with Crippen molar-refractivity contribution in [2.24, 2.45) is 5.41 Å². The minimum Gasteiger partial charge on any atom is -0.493 e. The fourth-order valence-electron chi connectivity index (χ4n) is 4.94. The van der Waals surface area contributed by atoms with Crippen LogP contribution in [0.5, 0.6) is 17.2 Å². The zero-order valence-corrected chi connectivity index (χ0v) is 22.2. The number of hydrogen-bond donors (Lipinski definition) is 0.